The monoisotopic (exact) mass is 245 g/mol. The Balaban J connectivity index is 2.57. The van der Waals surface area contributed by atoms with Crippen LogP contribution in [0.4, 0.5) is 5.69 Å². The van der Waals surface area contributed by atoms with E-state index in [-0.39, 0.29) is 6.04 Å². The fraction of sp³-hybridized carbons (Fsp3) is 0.533. The van der Waals surface area contributed by atoms with Crippen LogP contribution in [0.25, 0.3) is 0 Å². The van der Waals surface area contributed by atoms with Gasteiger partial charge in [-0.3, -0.25) is 0 Å². The molecule has 0 aromatic heterocycles. The van der Waals surface area contributed by atoms with E-state index in [1.54, 1.807) is 0 Å². The summed E-state index contributed by atoms with van der Waals surface area (Å²) in [5, 5.41) is 12.3. The molecule has 0 aliphatic rings. The Kier molecular flexibility index (Phi) is 6.24. The van der Waals surface area contributed by atoms with Crippen LogP contribution < -0.4 is 10.2 Å². The molecule has 0 bridgehead atoms. The molecule has 0 spiro atoms. The number of nitriles is 1. The lowest BCUT2D eigenvalue weighted by atomic mass is 10.1. The average Bonchev–Trinajstić information content (AvgIpc) is 2.43. The number of rotatable bonds is 7. The van der Waals surface area contributed by atoms with Gasteiger partial charge >= 0.3 is 0 Å². The predicted molar refractivity (Wildman–Crippen MR) is 76.8 cm³/mol. The van der Waals surface area contributed by atoms with Crippen LogP contribution >= 0.6 is 0 Å². The van der Waals surface area contributed by atoms with Crippen molar-refractivity contribution in [2.75, 3.05) is 25.0 Å². The summed E-state index contributed by atoms with van der Waals surface area (Å²) in [6, 6.07) is 10.7. The van der Waals surface area contributed by atoms with Crippen LogP contribution in [0.2, 0.25) is 0 Å². The first-order valence-electron chi connectivity index (χ1n) is 6.64. The number of anilines is 1. The van der Waals surface area contributed by atoms with Gasteiger partial charge in [-0.05, 0) is 37.1 Å². The molecule has 0 fully saturated rings. The van der Waals surface area contributed by atoms with E-state index in [4.69, 9.17) is 5.26 Å². The van der Waals surface area contributed by atoms with E-state index in [2.05, 4.69) is 54.4 Å². The van der Waals surface area contributed by atoms with Crippen LogP contribution in [0.15, 0.2) is 24.3 Å². The van der Waals surface area contributed by atoms with Gasteiger partial charge in [-0.1, -0.05) is 26.0 Å². The van der Waals surface area contributed by atoms with Crippen molar-refractivity contribution < 1.29 is 0 Å². The molecule has 0 radical (unpaired) electrons. The molecule has 1 rings (SSSR count). The van der Waals surface area contributed by atoms with E-state index >= 15 is 0 Å². The first-order chi connectivity index (χ1) is 8.71. The van der Waals surface area contributed by atoms with Gasteiger partial charge in [0.1, 0.15) is 6.04 Å². The highest BCUT2D eigenvalue weighted by Crippen LogP contribution is 2.14. The Bertz CT molecular complexity index is 378. The molecular weight excluding hydrogens is 222 g/mol. The molecule has 3 nitrogen and oxygen atoms in total. The zero-order valence-corrected chi connectivity index (χ0v) is 11.6. The Hall–Kier alpha value is -1.53. The van der Waals surface area contributed by atoms with E-state index in [0.29, 0.717) is 6.54 Å². The SMILES string of the molecule is CCCNC(C#N)CN(C)c1ccc(CC)cc1. The number of nitrogens with one attached hydrogen (secondary N) is 1. The number of hydrogen-bond donors (Lipinski definition) is 1. The Labute approximate surface area is 110 Å². The fourth-order valence-electron chi connectivity index (χ4n) is 1.83. The highest BCUT2D eigenvalue weighted by Gasteiger charge is 2.10. The molecule has 3 heteroatoms. The summed E-state index contributed by atoms with van der Waals surface area (Å²) in [6.45, 7) is 5.86. The molecule has 1 atom stereocenters. The second-order valence-corrected chi connectivity index (χ2v) is 4.54. The summed E-state index contributed by atoms with van der Waals surface area (Å²) >= 11 is 0. The average molecular weight is 245 g/mol. The second-order valence-electron chi connectivity index (χ2n) is 4.54. The molecule has 0 aliphatic heterocycles. The maximum Gasteiger partial charge on any atom is 0.113 e. The smallest absolute Gasteiger partial charge is 0.113 e. The summed E-state index contributed by atoms with van der Waals surface area (Å²) in [5.41, 5.74) is 2.50. The summed E-state index contributed by atoms with van der Waals surface area (Å²) < 4.78 is 0. The molecule has 0 heterocycles. The van der Waals surface area contributed by atoms with Gasteiger partial charge < -0.3 is 10.2 Å². The van der Waals surface area contributed by atoms with Gasteiger partial charge in [-0.2, -0.15) is 5.26 Å². The largest absolute Gasteiger partial charge is 0.372 e. The lowest BCUT2D eigenvalue weighted by Gasteiger charge is -2.23. The molecule has 0 amide bonds. The Morgan fingerprint density at radius 1 is 1.28 bits per heavy atom. The zero-order valence-electron chi connectivity index (χ0n) is 11.6. The molecule has 1 aromatic rings. The van der Waals surface area contributed by atoms with Crippen molar-refractivity contribution in [1.29, 1.82) is 5.26 Å². The molecule has 1 aromatic carbocycles. The van der Waals surface area contributed by atoms with Crippen molar-refractivity contribution in [2.24, 2.45) is 0 Å². The summed E-state index contributed by atoms with van der Waals surface area (Å²) in [5.74, 6) is 0. The third kappa shape index (κ3) is 4.38. The third-order valence-corrected chi connectivity index (χ3v) is 3.04. The number of nitrogens with zero attached hydrogens (tertiary/aromatic N) is 2. The third-order valence-electron chi connectivity index (χ3n) is 3.04. The van der Waals surface area contributed by atoms with Gasteiger partial charge in [0, 0.05) is 19.3 Å². The minimum atomic E-state index is -0.110. The standard InChI is InChI=1S/C15H23N3/c1-4-10-17-14(11-16)12-18(3)15-8-6-13(5-2)7-9-15/h6-9,14,17H,4-5,10,12H2,1-3H3. The first-order valence-corrected chi connectivity index (χ1v) is 6.64. The van der Waals surface area contributed by atoms with Gasteiger partial charge in [0.05, 0.1) is 6.07 Å². The number of hydrogen-bond acceptors (Lipinski definition) is 3. The predicted octanol–water partition coefficient (Wildman–Crippen LogP) is 2.58. The van der Waals surface area contributed by atoms with Crippen LogP contribution in [0.3, 0.4) is 0 Å². The fourth-order valence-corrected chi connectivity index (χ4v) is 1.83. The summed E-state index contributed by atoms with van der Waals surface area (Å²) in [6.07, 6.45) is 2.11. The maximum absolute atomic E-state index is 9.09. The van der Waals surface area contributed by atoms with Crippen molar-refractivity contribution in [2.45, 2.75) is 32.7 Å². The van der Waals surface area contributed by atoms with Crippen LogP contribution in [0.1, 0.15) is 25.8 Å². The Morgan fingerprint density at radius 2 is 1.94 bits per heavy atom. The van der Waals surface area contributed by atoms with Gasteiger partial charge in [0.15, 0.2) is 0 Å². The van der Waals surface area contributed by atoms with Gasteiger partial charge in [0.2, 0.25) is 0 Å². The highest BCUT2D eigenvalue weighted by molar-refractivity contribution is 5.47. The van der Waals surface area contributed by atoms with Gasteiger partial charge in [-0.25, -0.2) is 0 Å². The quantitative estimate of drug-likeness (QED) is 0.802. The zero-order chi connectivity index (χ0) is 13.4. The van der Waals surface area contributed by atoms with Crippen LogP contribution in [0.5, 0.6) is 0 Å². The van der Waals surface area contributed by atoms with Crippen molar-refractivity contribution in [3.8, 4) is 6.07 Å². The number of aryl methyl sites for hydroxylation is 1. The van der Waals surface area contributed by atoms with E-state index in [1.165, 1.54) is 5.56 Å². The topological polar surface area (TPSA) is 39.1 Å². The normalized spacial score (nSPS) is 11.9. The van der Waals surface area contributed by atoms with Crippen LogP contribution in [0, 0.1) is 11.3 Å². The molecule has 0 saturated carbocycles. The Morgan fingerprint density at radius 3 is 2.44 bits per heavy atom. The van der Waals surface area contributed by atoms with Crippen molar-refractivity contribution in [3.05, 3.63) is 29.8 Å². The van der Waals surface area contributed by atoms with E-state index in [0.717, 1.165) is 25.1 Å². The van der Waals surface area contributed by atoms with E-state index in [1.807, 2.05) is 7.05 Å². The summed E-state index contributed by atoms with van der Waals surface area (Å²) in [4.78, 5) is 2.12. The minimum absolute atomic E-state index is 0.110. The maximum atomic E-state index is 9.09. The van der Waals surface area contributed by atoms with E-state index < -0.39 is 0 Å². The summed E-state index contributed by atoms with van der Waals surface area (Å²) in [7, 11) is 2.03. The minimum Gasteiger partial charge on any atom is -0.372 e. The molecule has 1 unspecified atom stereocenters. The van der Waals surface area contributed by atoms with Crippen LogP contribution in [-0.2, 0) is 6.42 Å². The lowest BCUT2D eigenvalue weighted by Crippen LogP contribution is -2.39. The molecular formula is C15H23N3. The highest BCUT2D eigenvalue weighted by atomic mass is 15.1. The van der Waals surface area contributed by atoms with E-state index in [9.17, 15) is 0 Å². The molecule has 98 valence electrons. The lowest BCUT2D eigenvalue weighted by molar-refractivity contribution is 0.591. The molecule has 1 N–H and O–H groups in total. The van der Waals surface area contributed by atoms with Crippen LogP contribution in [-0.4, -0.2) is 26.2 Å². The van der Waals surface area contributed by atoms with Crippen molar-refractivity contribution >= 4 is 5.69 Å². The molecule has 0 saturated heterocycles. The van der Waals surface area contributed by atoms with Crippen molar-refractivity contribution in [3.63, 3.8) is 0 Å². The second kappa shape index (κ2) is 7.73. The number of likely N-dealkylation sites (N-methyl/N-ethyl adjacent to an activating group) is 1. The first kappa shape index (κ1) is 14.5. The van der Waals surface area contributed by atoms with Crippen molar-refractivity contribution in [1.82, 2.24) is 5.32 Å². The number of benzene rings is 1. The van der Waals surface area contributed by atoms with Gasteiger partial charge in [-0.15, -0.1) is 0 Å². The molecule has 18 heavy (non-hydrogen) atoms. The molecule has 0 aliphatic carbocycles. The van der Waals surface area contributed by atoms with Gasteiger partial charge in [0.25, 0.3) is 0 Å².